The third-order valence-electron chi connectivity index (χ3n) is 4.10. The van der Waals surface area contributed by atoms with Crippen LogP contribution in [-0.2, 0) is 7.05 Å². The van der Waals surface area contributed by atoms with Gasteiger partial charge in [-0.1, -0.05) is 0 Å². The fourth-order valence-electron chi connectivity index (χ4n) is 2.80. The van der Waals surface area contributed by atoms with Crippen molar-refractivity contribution < 1.29 is 14.6 Å². The minimum atomic E-state index is -1.09. The lowest BCUT2D eigenvalue weighted by Crippen LogP contribution is -2.35. The lowest BCUT2D eigenvalue weighted by molar-refractivity contribution is 0.209. The number of carbonyl (C=O) groups is 1. The molecule has 0 saturated carbocycles. The highest BCUT2D eigenvalue weighted by Crippen LogP contribution is 2.32. The summed E-state index contributed by atoms with van der Waals surface area (Å²) in [6.07, 6.45) is 0.620. The molecule has 1 aliphatic rings. The van der Waals surface area contributed by atoms with E-state index >= 15 is 0 Å². The van der Waals surface area contributed by atoms with Crippen LogP contribution in [0.25, 0.3) is 11.3 Å². The molecule has 1 saturated heterocycles. The smallest absolute Gasteiger partial charge is 0.409 e. The molecule has 8 heteroatoms. The number of rotatable bonds is 6. The Hall–Kier alpha value is -2.19. The number of benzene rings is 1. The van der Waals surface area contributed by atoms with Crippen LogP contribution in [0.3, 0.4) is 0 Å². The quantitative estimate of drug-likeness (QED) is 0.822. The van der Waals surface area contributed by atoms with Gasteiger partial charge in [0.25, 0.3) is 0 Å². The zero-order valence-corrected chi connectivity index (χ0v) is 15.0. The Balaban J connectivity index is 1.75. The number of nitrogens with zero attached hydrogens (tertiary/aromatic N) is 3. The minimum Gasteiger partial charge on any atom is -0.492 e. The van der Waals surface area contributed by atoms with Gasteiger partial charge in [0, 0.05) is 55.6 Å². The number of aromatic nitrogens is 2. The molecule has 134 valence electrons. The van der Waals surface area contributed by atoms with Crippen LogP contribution >= 0.6 is 11.8 Å². The molecule has 1 aromatic heterocycles. The first-order valence-corrected chi connectivity index (χ1v) is 9.34. The summed E-state index contributed by atoms with van der Waals surface area (Å²) in [5.74, 6) is 3.08. The molecule has 2 heterocycles. The van der Waals surface area contributed by atoms with Gasteiger partial charge in [0.05, 0.1) is 5.69 Å². The minimum absolute atomic E-state index is 0.504. The summed E-state index contributed by atoms with van der Waals surface area (Å²) in [4.78, 5) is 13.3. The summed E-state index contributed by atoms with van der Waals surface area (Å²) in [6.45, 7) is 3.69. The van der Waals surface area contributed by atoms with Gasteiger partial charge in [-0.25, -0.2) is 4.79 Å². The van der Waals surface area contributed by atoms with Gasteiger partial charge in [-0.2, -0.15) is 16.9 Å². The van der Waals surface area contributed by atoms with Crippen molar-refractivity contribution in [2.75, 3.05) is 43.1 Å². The molecular formula is C17H22N4O3S. The highest BCUT2D eigenvalue weighted by Gasteiger charge is 2.14. The summed E-state index contributed by atoms with van der Waals surface area (Å²) in [5.41, 5.74) is 2.20. The molecule has 2 aromatic rings. The van der Waals surface area contributed by atoms with E-state index in [4.69, 9.17) is 9.84 Å². The highest BCUT2D eigenvalue weighted by atomic mass is 32.2. The van der Waals surface area contributed by atoms with Crippen LogP contribution < -0.4 is 10.1 Å². The van der Waals surface area contributed by atoms with E-state index in [-0.39, 0.29) is 0 Å². The average Bonchev–Trinajstić information content (AvgIpc) is 3.02. The van der Waals surface area contributed by atoms with Crippen molar-refractivity contribution >= 4 is 23.5 Å². The summed E-state index contributed by atoms with van der Waals surface area (Å²) in [5, 5.41) is 15.5. The Bertz CT molecular complexity index is 728. The molecule has 0 spiro atoms. The number of ether oxygens (including phenoxy) is 1. The third kappa shape index (κ3) is 4.67. The van der Waals surface area contributed by atoms with Gasteiger partial charge in [0.2, 0.25) is 0 Å². The molecule has 7 nitrogen and oxygen atoms in total. The fourth-order valence-corrected chi connectivity index (χ4v) is 3.78. The molecule has 1 fully saturated rings. The largest absolute Gasteiger partial charge is 0.492 e. The van der Waals surface area contributed by atoms with Crippen LogP contribution in [0.2, 0.25) is 0 Å². The van der Waals surface area contributed by atoms with E-state index in [9.17, 15) is 4.79 Å². The zero-order valence-electron chi connectivity index (χ0n) is 14.1. The molecule has 0 atom stereocenters. The van der Waals surface area contributed by atoms with E-state index in [2.05, 4.69) is 15.3 Å². The molecule has 0 radical (unpaired) electrons. The van der Waals surface area contributed by atoms with Crippen molar-refractivity contribution in [2.24, 2.45) is 7.05 Å². The maximum absolute atomic E-state index is 10.9. The fraction of sp³-hybridized carbons (Fsp3) is 0.412. The van der Waals surface area contributed by atoms with E-state index in [1.54, 1.807) is 29.1 Å². The molecule has 0 unspecified atom stereocenters. The number of amides is 1. The van der Waals surface area contributed by atoms with Gasteiger partial charge in [-0.3, -0.25) is 14.9 Å². The van der Waals surface area contributed by atoms with E-state index in [0.717, 1.165) is 36.6 Å². The van der Waals surface area contributed by atoms with Gasteiger partial charge in [-0.15, -0.1) is 0 Å². The number of hydrogen-bond donors (Lipinski definition) is 2. The number of hydrogen-bond acceptors (Lipinski definition) is 5. The number of nitrogens with one attached hydrogen (secondary N) is 1. The van der Waals surface area contributed by atoms with Gasteiger partial charge in [-0.05, 0) is 24.3 Å². The lowest BCUT2D eigenvalue weighted by Gasteiger charge is -2.26. The Morgan fingerprint density at radius 1 is 1.36 bits per heavy atom. The summed E-state index contributed by atoms with van der Waals surface area (Å²) >= 11 is 1.99. The molecule has 0 bridgehead atoms. The van der Waals surface area contributed by atoms with Crippen LogP contribution in [0.15, 0.2) is 30.5 Å². The molecule has 2 N–H and O–H groups in total. The van der Waals surface area contributed by atoms with Crippen molar-refractivity contribution in [2.45, 2.75) is 0 Å². The Morgan fingerprint density at radius 2 is 2.16 bits per heavy atom. The maximum Gasteiger partial charge on any atom is 0.409 e. The van der Waals surface area contributed by atoms with Crippen LogP contribution in [0.5, 0.6) is 5.75 Å². The Kier molecular flexibility index (Phi) is 5.83. The maximum atomic E-state index is 10.9. The van der Waals surface area contributed by atoms with Crippen molar-refractivity contribution in [1.82, 2.24) is 14.7 Å². The first kappa shape index (κ1) is 17.6. The standard InChI is InChI=1S/C17H22N4O3S/c1-20-15(4-5-18-20)14-12-13(19-17(22)23)2-3-16(14)24-9-6-21-7-10-25-11-8-21/h2-5,12,19H,6-11H2,1H3,(H,22,23). The average molecular weight is 362 g/mol. The van der Waals surface area contributed by atoms with Crippen molar-refractivity contribution in [3.8, 4) is 17.0 Å². The second kappa shape index (κ2) is 8.26. The first-order chi connectivity index (χ1) is 12.1. The molecular weight excluding hydrogens is 340 g/mol. The van der Waals surface area contributed by atoms with Crippen LogP contribution in [-0.4, -0.2) is 63.6 Å². The second-order valence-electron chi connectivity index (χ2n) is 5.78. The predicted molar refractivity (Wildman–Crippen MR) is 99.6 cm³/mol. The number of aryl methyl sites for hydroxylation is 1. The normalized spacial score (nSPS) is 15.1. The number of anilines is 1. The Morgan fingerprint density at radius 3 is 2.84 bits per heavy atom. The lowest BCUT2D eigenvalue weighted by atomic mass is 10.1. The monoisotopic (exact) mass is 362 g/mol. The molecule has 1 amide bonds. The molecule has 25 heavy (non-hydrogen) atoms. The van der Waals surface area contributed by atoms with E-state index in [0.29, 0.717) is 12.3 Å². The van der Waals surface area contributed by atoms with Gasteiger partial charge in [0.15, 0.2) is 0 Å². The van der Waals surface area contributed by atoms with Crippen molar-refractivity contribution in [3.05, 3.63) is 30.5 Å². The topological polar surface area (TPSA) is 79.6 Å². The Labute approximate surface area is 151 Å². The second-order valence-corrected chi connectivity index (χ2v) is 7.01. The SMILES string of the molecule is Cn1nccc1-c1cc(NC(=O)O)ccc1OCCN1CCSCC1. The number of thioether (sulfide) groups is 1. The molecule has 0 aliphatic carbocycles. The number of carboxylic acid groups (broad SMARTS) is 1. The summed E-state index contributed by atoms with van der Waals surface area (Å²) in [6, 6.07) is 7.17. The molecule has 1 aliphatic heterocycles. The van der Waals surface area contributed by atoms with Gasteiger partial charge < -0.3 is 9.84 Å². The van der Waals surface area contributed by atoms with Crippen molar-refractivity contribution in [3.63, 3.8) is 0 Å². The van der Waals surface area contributed by atoms with E-state index in [1.807, 2.05) is 24.9 Å². The van der Waals surface area contributed by atoms with Gasteiger partial charge >= 0.3 is 6.09 Å². The van der Waals surface area contributed by atoms with E-state index in [1.165, 1.54) is 11.5 Å². The van der Waals surface area contributed by atoms with Crippen LogP contribution in [0, 0.1) is 0 Å². The van der Waals surface area contributed by atoms with Gasteiger partial charge in [0.1, 0.15) is 12.4 Å². The van der Waals surface area contributed by atoms with Crippen molar-refractivity contribution in [1.29, 1.82) is 0 Å². The molecule has 3 rings (SSSR count). The highest BCUT2D eigenvalue weighted by molar-refractivity contribution is 7.99. The van der Waals surface area contributed by atoms with E-state index < -0.39 is 6.09 Å². The zero-order chi connectivity index (χ0) is 17.6. The first-order valence-electron chi connectivity index (χ1n) is 8.19. The summed E-state index contributed by atoms with van der Waals surface area (Å²) < 4.78 is 7.76. The third-order valence-corrected chi connectivity index (χ3v) is 5.04. The predicted octanol–water partition coefficient (Wildman–Crippen LogP) is 2.60. The van der Waals surface area contributed by atoms with Crippen LogP contribution in [0.1, 0.15) is 0 Å². The summed E-state index contributed by atoms with van der Waals surface area (Å²) in [7, 11) is 1.85. The van der Waals surface area contributed by atoms with Crippen LogP contribution in [0.4, 0.5) is 10.5 Å². The molecule has 1 aromatic carbocycles.